The third kappa shape index (κ3) is 9.33. The zero-order valence-electron chi connectivity index (χ0n) is 35.1. The van der Waals surface area contributed by atoms with E-state index in [9.17, 15) is 40.8 Å². The molecule has 0 unspecified atom stereocenters. The Bertz CT molecular complexity index is 2200. The lowest BCUT2D eigenvalue weighted by atomic mass is 9.85. The topological polar surface area (TPSA) is 192 Å². The van der Waals surface area contributed by atoms with Crippen molar-refractivity contribution in [1.29, 1.82) is 0 Å². The molecular formula is C41H53F4N5O10S. The van der Waals surface area contributed by atoms with Crippen LogP contribution in [-0.2, 0) is 29.1 Å². The molecule has 1 aromatic carbocycles. The number of allylic oxidation sites excluding steroid dienone is 1. The van der Waals surface area contributed by atoms with Gasteiger partial charge in [0.05, 0.1) is 25.5 Å². The van der Waals surface area contributed by atoms with Crippen molar-refractivity contribution in [2.75, 3.05) is 20.8 Å². The van der Waals surface area contributed by atoms with Crippen LogP contribution in [0, 0.1) is 23.6 Å². The summed E-state index contributed by atoms with van der Waals surface area (Å²) in [6, 6.07) is 1.16. The quantitative estimate of drug-likeness (QED) is 0.203. The second-order valence-electron chi connectivity index (χ2n) is 17.3. The van der Waals surface area contributed by atoms with E-state index in [4.69, 9.17) is 18.9 Å². The predicted octanol–water partition coefficient (Wildman–Crippen LogP) is 5.45. The largest absolute Gasteiger partial charge is 0.494 e. The number of aromatic nitrogens is 1. The van der Waals surface area contributed by atoms with E-state index in [1.54, 1.807) is 13.0 Å². The van der Waals surface area contributed by atoms with Crippen LogP contribution in [0.3, 0.4) is 0 Å². The number of sulfonamides is 1. The number of rotatable bonds is 10. The van der Waals surface area contributed by atoms with E-state index in [1.807, 2.05) is 13.0 Å². The number of nitrogens with zero attached hydrogens (tertiary/aromatic N) is 2. The molecule has 0 radical (unpaired) electrons. The molecule has 3 heterocycles. The summed E-state index contributed by atoms with van der Waals surface area (Å²) in [6.45, 7) is 6.22. The van der Waals surface area contributed by atoms with Crippen LogP contribution in [0.15, 0.2) is 30.4 Å². The number of methoxy groups -OCH3 is 2. The van der Waals surface area contributed by atoms with E-state index in [0.717, 1.165) is 11.0 Å². The Kier molecular flexibility index (Phi) is 12.5. The Hall–Kier alpha value is -4.88. The number of benzene rings is 1. The number of alkyl halides is 3. The third-order valence-corrected chi connectivity index (χ3v) is 14.6. The summed E-state index contributed by atoms with van der Waals surface area (Å²) < 4.78 is 106. The fraction of sp³-hybridized carbons (Fsp3) is 0.634. The van der Waals surface area contributed by atoms with Crippen molar-refractivity contribution < 1.29 is 64.1 Å². The van der Waals surface area contributed by atoms with Gasteiger partial charge in [-0.15, -0.1) is 0 Å². The smallest absolute Gasteiger partial charge is 0.427 e. The molecule has 2 aliphatic heterocycles. The number of carbonyl (C=O) groups excluding carboxylic acids is 4. The lowest BCUT2D eigenvalue weighted by Gasteiger charge is -2.35. The average molecular weight is 884 g/mol. The maximum Gasteiger partial charge on any atom is 0.427 e. The highest BCUT2D eigenvalue weighted by Crippen LogP contribution is 2.48. The number of ether oxygens (including phenoxy) is 4. The first-order chi connectivity index (χ1) is 28.5. The molecule has 15 nitrogen and oxygen atoms in total. The van der Waals surface area contributed by atoms with E-state index in [-0.39, 0.29) is 54.6 Å². The zero-order valence-corrected chi connectivity index (χ0v) is 35.9. The van der Waals surface area contributed by atoms with Crippen LogP contribution < -0.4 is 29.6 Å². The van der Waals surface area contributed by atoms with Crippen molar-refractivity contribution in [2.24, 2.45) is 17.8 Å². The molecule has 3 fully saturated rings. The molecule has 7 atom stereocenters. The molecule has 2 saturated carbocycles. The minimum absolute atomic E-state index is 0.0567. The highest BCUT2D eigenvalue weighted by molar-refractivity contribution is 7.91. The number of fused-ring (bicyclic) bond motifs is 3. The number of nitrogens with one attached hydrogen (secondary N) is 3. The van der Waals surface area contributed by atoms with Crippen LogP contribution in [0.5, 0.6) is 17.5 Å². The number of amides is 4. The van der Waals surface area contributed by atoms with Gasteiger partial charge in [0, 0.05) is 23.8 Å². The summed E-state index contributed by atoms with van der Waals surface area (Å²) >= 11 is 0. The summed E-state index contributed by atoms with van der Waals surface area (Å²) in [6.07, 6.45) is -1.65. The molecule has 336 valence electrons. The molecule has 3 N–H and O–H groups in total. The Morgan fingerprint density at radius 3 is 2.41 bits per heavy atom. The van der Waals surface area contributed by atoms with Crippen LogP contribution in [0.1, 0.15) is 86.0 Å². The van der Waals surface area contributed by atoms with E-state index < -0.39 is 91.7 Å². The zero-order chi connectivity index (χ0) is 44.9. The third-order valence-electron chi connectivity index (χ3n) is 12.4. The molecule has 1 saturated heterocycles. The first-order valence-corrected chi connectivity index (χ1v) is 21.8. The molecule has 2 aliphatic carbocycles. The Morgan fingerprint density at radius 2 is 1.79 bits per heavy atom. The number of pyridine rings is 1. The number of carbonyl (C=O) groups is 4. The monoisotopic (exact) mass is 883 g/mol. The molecule has 20 heteroatoms. The maximum atomic E-state index is 15.1. The van der Waals surface area contributed by atoms with Gasteiger partial charge < -0.3 is 34.5 Å². The number of hydrogen-bond donors (Lipinski definition) is 3. The van der Waals surface area contributed by atoms with Gasteiger partial charge in [-0.25, -0.2) is 17.6 Å². The summed E-state index contributed by atoms with van der Waals surface area (Å²) in [5, 5.41) is 5.77. The van der Waals surface area contributed by atoms with E-state index in [0.29, 0.717) is 51.3 Å². The van der Waals surface area contributed by atoms with Crippen LogP contribution >= 0.6 is 0 Å². The summed E-state index contributed by atoms with van der Waals surface area (Å²) in [4.78, 5) is 62.3. The highest BCUT2D eigenvalue weighted by Gasteiger charge is 2.63. The van der Waals surface area contributed by atoms with Crippen molar-refractivity contribution >= 4 is 44.6 Å². The molecule has 6 rings (SSSR count). The summed E-state index contributed by atoms with van der Waals surface area (Å²) in [7, 11) is -1.47. The van der Waals surface area contributed by atoms with Gasteiger partial charge in [0.15, 0.2) is 11.6 Å². The molecule has 4 amide bonds. The standard InChI is InChI=1S/C41H53F4N5O10S/c1-8-23-15-22(2)11-9-10-12-25-20-40(25,36(53)49-61(55,56)39(5)13-14-39)48-33(51)29-18-26(21-50(29)35(52)32(23)47-37(54)60-38(3,4)41(43,44)45)59-34-27-19-28(42)30(57-6)16-24(27)17-31(46-34)58-7/h10,12,16-17,19,22-23,25-26,29,32H,8-9,11,13-15,18,20-21H2,1-7H3,(H,47,54)(H,48,51)(H,49,53)/b12-10-/t22-,23-,25-,26-,29+,32+,40-/m1/s1. The molecule has 2 aromatic rings. The fourth-order valence-corrected chi connectivity index (χ4v) is 9.28. The molecule has 1 aromatic heterocycles. The van der Waals surface area contributed by atoms with Gasteiger partial charge in [-0.2, -0.15) is 18.2 Å². The minimum atomic E-state index is -4.95. The molecule has 61 heavy (non-hydrogen) atoms. The van der Waals surface area contributed by atoms with Gasteiger partial charge in [0.1, 0.15) is 23.7 Å². The SMILES string of the molecule is CC[C@@H]1C[C@H](C)CC/C=C\[C@@H]2C[C@@]2(C(=O)NS(=O)(=O)C2(C)CC2)NC(=O)[C@@H]2C[C@@H](Oc3nc(OC)cc4cc(OC)c(F)cc34)CN2C(=O)[C@H]1NC(=O)OC(C)(C)C(F)(F)F. The second kappa shape index (κ2) is 16.8. The summed E-state index contributed by atoms with van der Waals surface area (Å²) in [5.41, 5.74) is -4.63. The number of hydrogen-bond acceptors (Lipinski definition) is 11. The highest BCUT2D eigenvalue weighted by atomic mass is 32.2. The van der Waals surface area contributed by atoms with E-state index in [1.165, 1.54) is 33.3 Å². The molecule has 0 bridgehead atoms. The van der Waals surface area contributed by atoms with Crippen LogP contribution in [0.2, 0.25) is 0 Å². The van der Waals surface area contributed by atoms with Gasteiger partial charge in [-0.3, -0.25) is 19.1 Å². The van der Waals surface area contributed by atoms with Crippen molar-refractivity contribution in [3.8, 4) is 17.5 Å². The molecule has 0 spiro atoms. The minimum Gasteiger partial charge on any atom is -0.494 e. The Balaban J connectivity index is 1.40. The molecular weight excluding hydrogens is 831 g/mol. The molecule has 4 aliphatic rings. The van der Waals surface area contributed by atoms with Gasteiger partial charge >= 0.3 is 12.3 Å². The Labute approximate surface area is 351 Å². The number of halogens is 4. The van der Waals surface area contributed by atoms with Crippen molar-refractivity contribution in [1.82, 2.24) is 25.2 Å². The summed E-state index contributed by atoms with van der Waals surface area (Å²) in [5.74, 6) is -4.79. The first-order valence-electron chi connectivity index (χ1n) is 20.3. The predicted molar refractivity (Wildman–Crippen MR) is 212 cm³/mol. The lowest BCUT2D eigenvalue weighted by molar-refractivity contribution is -0.244. The van der Waals surface area contributed by atoms with Crippen molar-refractivity contribution in [2.45, 2.75) is 126 Å². The maximum absolute atomic E-state index is 15.1. The van der Waals surface area contributed by atoms with Gasteiger partial charge in [0.2, 0.25) is 39.2 Å². The van der Waals surface area contributed by atoms with Crippen LogP contribution in [0.4, 0.5) is 22.4 Å². The van der Waals surface area contributed by atoms with E-state index >= 15 is 4.39 Å². The van der Waals surface area contributed by atoms with Crippen LogP contribution in [0.25, 0.3) is 10.8 Å². The van der Waals surface area contributed by atoms with Gasteiger partial charge in [-0.1, -0.05) is 32.4 Å². The van der Waals surface area contributed by atoms with Crippen molar-refractivity contribution in [3.05, 3.63) is 36.2 Å². The van der Waals surface area contributed by atoms with Gasteiger partial charge in [-0.05, 0) is 88.7 Å². The second-order valence-corrected chi connectivity index (χ2v) is 19.5. The van der Waals surface area contributed by atoms with Crippen LogP contribution in [-0.4, -0.2) is 103 Å². The lowest BCUT2D eigenvalue weighted by Crippen LogP contribution is -2.60. The Morgan fingerprint density at radius 1 is 1.08 bits per heavy atom. The van der Waals surface area contributed by atoms with Gasteiger partial charge in [0.25, 0.3) is 5.91 Å². The first kappa shape index (κ1) is 45.6. The normalized spacial score (nSPS) is 28.5. The fourth-order valence-electron chi connectivity index (χ4n) is 7.97. The van der Waals surface area contributed by atoms with Crippen molar-refractivity contribution in [3.63, 3.8) is 0 Å². The number of alkyl carbamates (subject to hydrolysis) is 1. The average Bonchev–Trinajstić information content (AvgIpc) is 4.06. The van der Waals surface area contributed by atoms with E-state index in [2.05, 4.69) is 20.3 Å².